The molecule has 2 aliphatic heterocycles. The Hall–Kier alpha value is -0.350. The van der Waals surface area contributed by atoms with Gasteiger partial charge in [-0.3, -0.25) is 0 Å². The zero-order chi connectivity index (χ0) is 8.55. The van der Waals surface area contributed by atoms with Crippen LogP contribution in [0.2, 0.25) is 0 Å². The Kier molecular flexibility index (Phi) is 2.19. The Labute approximate surface area is 77.6 Å². The van der Waals surface area contributed by atoms with Crippen LogP contribution < -0.4 is 11.1 Å². The van der Waals surface area contributed by atoms with E-state index in [-0.39, 0.29) is 0 Å². The van der Waals surface area contributed by atoms with E-state index in [2.05, 4.69) is 5.32 Å². The maximum absolute atomic E-state index is 5.73. The van der Waals surface area contributed by atoms with Gasteiger partial charge in [0.2, 0.25) is 0 Å². The molecule has 2 rings (SSSR count). The summed E-state index contributed by atoms with van der Waals surface area (Å²) >= 11 is 4.80. The molecule has 0 amide bonds. The van der Waals surface area contributed by atoms with E-state index in [4.69, 9.17) is 22.7 Å². The monoisotopic (exact) mass is 186 g/mol. The Morgan fingerprint density at radius 1 is 1.33 bits per heavy atom. The molecule has 3 atom stereocenters. The average Bonchev–Trinajstić information content (AvgIpc) is 2.39. The number of rotatable bonds is 1. The Morgan fingerprint density at radius 3 is 2.83 bits per heavy atom. The molecule has 0 aliphatic carbocycles. The summed E-state index contributed by atoms with van der Waals surface area (Å²) in [4.78, 5) is 0. The van der Waals surface area contributed by atoms with E-state index in [1.807, 2.05) is 0 Å². The van der Waals surface area contributed by atoms with Crippen LogP contribution in [-0.4, -0.2) is 23.4 Å². The second-order valence-corrected chi connectivity index (χ2v) is 4.01. The zero-order valence-electron chi connectivity index (χ0n) is 6.95. The number of nitrogens with one attached hydrogen (secondary N) is 1. The Balaban J connectivity index is 1.93. The smallest absolute Gasteiger partial charge is 0.163 e. The number of hydrogen-bond acceptors (Lipinski definition) is 2. The third-order valence-electron chi connectivity index (χ3n) is 2.72. The van der Waals surface area contributed by atoms with Gasteiger partial charge in [0.05, 0.1) is 18.2 Å². The van der Waals surface area contributed by atoms with Crippen molar-refractivity contribution in [2.24, 2.45) is 5.73 Å². The predicted octanol–water partition coefficient (Wildman–Crippen LogP) is 0.530. The molecule has 0 aromatic rings. The van der Waals surface area contributed by atoms with Crippen LogP contribution in [0, 0.1) is 0 Å². The van der Waals surface area contributed by atoms with Crippen LogP contribution in [0.5, 0.6) is 0 Å². The first-order chi connectivity index (χ1) is 5.75. The highest BCUT2D eigenvalue weighted by Crippen LogP contribution is 2.32. The molecule has 2 bridgehead atoms. The van der Waals surface area contributed by atoms with Crippen LogP contribution in [0.4, 0.5) is 0 Å². The SMILES string of the molecule is NC(=S)NC1CCC2CCC1O2. The van der Waals surface area contributed by atoms with Gasteiger partial charge in [0, 0.05) is 0 Å². The molecule has 4 heteroatoms. The normalized spacial score (nSPS) is 39.5. The van der Waals surface area contributed by atoms with E-state index in [1.54, 1.807) is 0 Å². The first-order valence-electron chi connectivity index (χ1n) is 4.47. The van der Waals surface area contributed by atoms with Gasteiger partial charge in [-0.15, -0.1) is 0 Å². The third kappa shape index (κ3) is 1.54. The summed E-state index contributed by atoms with van der Waals surface area (Å²) in [7, 11) is 0. The molecular weight excluding hydrogens is 172 g/mol. The molecule has 2 heterocycles. The van der Waals surface area contributed by atoms with Crippen molar-refractivity contribution in [1.29, 1.82) is 0 Å². The van der Waals surface area contributed by atoms with Crippen molar-refractivity contribution in [3.05, 3.63) is 0 Å². The molecule has 3 unspecified atom stereocenters. The minimum atomic E-state index is 0.352. The minimum Gasteiger partial charge on any atom is -0.376 e. The largest absolute Gasteiger partial charge is 0.376 e. The van der Waals surface area contributed by atoms with E-state index in [1.165, 1.54) is 6.42 Å². The molecule has 2 aliphatic rings. The second kappa shape index (κ2) is 3.18. The molecule has 12 heavy (non-hydrogen) atoms. The molecule has 0 aromatic carbocycles. The van der Waals surface area contributed by atoms with Crippen LogP contribution in [0.3, 0.4) is 0 Å². The molecule has 0 radical (unpaired) electrons. The fourth-order valence-corrected chi connectivity index (χ4v) is 2.29. The zero-order valence-corrected chi connectivity index (χ0v) is 7.77. The highest BCUT2D eigenvalue weighted by Gasteiger charge is 2.36. The van der Waals surface area contributed by atoms with Crippen molar-refractivity contribution in [2.75, 3.05) is 0 Å². The molecule has 2 fully saturated rings. The van der Waals surface area contributed by atoms with E-state index in [0.717, 1.165) is 19.3 Å². The van der Waals surface area contributed by atoms with E-state index >= 15 is 0 Å². The standard InChI is InChI=1S/C8H14N2OS/c9-8(12)10-6-3-1-5-2-4-7(6)11-5/h5-7H,1-4H2,(H3,9,10,12). The van der Waals surface area contributed by atoms with Crippen molar-refractivity contribution in [1.82, 2.24) is 5.32 Å². The predicted molar refractivity (Wildman–Crippen MR) is 50.8 cm³/mol. The third-order valence-corrected chi connectivity index (χ3v) is 2.83. The van der Waals surface area contributed by atoms with Crippen LogP contribution >= 0.6 is 12.2 Å². The summed E-state index contributed by atoms with van der Waals surface area (Å²) < 4.78 is 5.73. The summed E-state index contributed by atoms with van der Waals surface area (Å²) in [5, 5.41) is 3.49. The molecule has 0 aromatic heterocycles. The summed E-state index contributed by atoms with van der Waals surface area (Å²) in [6.45, 7) is 0. The Morgan fingerprint density at radius 2 is 2.08 bits per heavy atom. The Bertz CT molecular complexity index is 197. The van der Waals surface area contributed by atoms with Crippen molar-refractivity contribution >= 4 is 17.3 Å². The van der Waals surface area contributed by atoms with Crippen LogP contribution in [-0.2, 0) is 4.74 Å². The fourth-order valence-electron chi connectivity index (χ4n) is 2.14. The van der Waals surface area contributed by atoms with E-state index in [9.17, 15) is 0 Å². The molecule has 68 valence electrons. The number of ether oxygens (including phenoxy) is 1. The van der Waals surface area contributed by atoms with Gasteiger partial charge >= 0.3 is 0 Å². The molecule has 3 N–H and O–H groups in total. The maximum atomic E-state index is 5.73. The summed E-state index contributed by atoms with van der Waals surface area (Å²) in [5.41, 5.74) is 5.42. The lowest BCUT2D eigenvalue weighted by Gasteiger charge is -2.30. The molecule has 2 saturated heterocycles. The first-order valence-corrected chi connectivity index (χ1v) is 4.88. The summed E-state index contributed by atoms with van der Waals surface area (Å²) in [5.74, 6) is 0. The number of fused-ring (bicyclic) bond motifs is 2. The molecular formula is C8H14N2OS. The van der Waals surface area contributed by atoms with Gasteiger partial charge in [-0.25, -0.2) is 0 Å². The van der Waals surface area contributed by atoms with Crippen LogP contribution in [0.1, 0.15) is 25.7 Å². The minimum absolute atomic E-state index is 0.352. The van der Waals surface area contributed by atoms with Gasteiger partial charge in [-0.1, -0.05) is 0 Å². The van der Waals surface area contributed by atoms with Gasteiger partial charge < -0.3 is 15.8 Å². The first kappa shape index (κ1) is 8.26. The molecule has 0 spiro atoms. The molecule has 3 nitrogen and oxygen atoms in total. The number of nitrogens with two attached hydrogens (primary N) is 1. The van der Waals surface area contributed by atoms with Gasteiger partial charge in [-0.2, -0.15) is 0 Å². The van der Waals surface area contributed by atoms with Crippen molar-refractivity contribution in [3.8, 4) is 0 Å². The lowest BCUT2D eigenvalue weighted by Crippen LogP contribution is -2.47. The van der Waals surface area contributed by atoms with Gasteiger partial charge in [0.15, 0.2) is 5.11 Å². The highest BCUT2D eigenvalue weighted by molar-refractivity contribution is 7.80. The number of thiocarbonyl (C=S) groups is 1. The number of hydrogen-bond donors (Lipinski definition) is 2. The van der Waals surface area contributed by atoms with Crippen LogP contribution in [0.15, 0.2) is 0 Å². The van der Waals surface area contributed by atoms with Gasteiger partial charge in [0.25, 0.3) is 0 Å². The van der Waals surface area contributed by atoms with Crippen molar-refractivity contribution in [2.45, 2.75) is 43.9 Å². The van der Waals surface area contributed by atoms with Crippen molar-refractivity contribution in [3.63, 3.8) is 0 Å². The van der Waals surface area contributed by atoms with E-state index < -0.39 is 0 Å². The highest BCUT2D eigenvalue weighted by atomic mass is 32.1. The lowest BCUT2D eigenvalue weighted by molar-refractivity contribution is -0.0116. The lowest BCUT2D eigenvalue weighted by atomic mass is 10.0. The summed E-state index contributed by atoms with van der Waals surface area (Å²) in [6, 6.07) is 0.362. The fraction of sp³-hybridized carbons (Fsp3) is 0.875. The van der Waals surface area contributed by atoms with Crippen molar-refractivity contribution < 1.29 is 4.74 Å². The van der Waals surface area contributed by atoms with E-state index in [0.29, 0.717) is 23.4 Å². The summed E-state index contributed by atoms with van der Waals surface area (Å²) in [6.07, 6.45) is 5.53. The van der Waals surface area contributed by atoms with Gasteiger partial charge in [0.1, 0.15) is 0 Å². The molecule has 0 saturated carbocycles. The van der Waals surface area contributed by atoms with Crippen LogP contribution in [0.25, 0.3) is 0 Å². The quantitative estimate of drug-likeness (QED) is 0.586. The van der Waals surface area contributed by atoms with Gasteiger partial charge in [-0.05, 0) is 37.9 Å². The topological polar surface area (TPSA) is 47.3 Å². The second-order valence-electron chi connectivity index (χ2n) is 3.57. The average molecular weight is 186 g/mol. The maximum Gasteiger partial charge on any atom is 0.163 e.